The fraction of sp³-hybridized carbons (Fsp3) is 0.500. The van der Waals surface area contributed by atoms with E-state index in [9.17, 15) is 9.59 Å². The van der Waals surface area contributed by atoms with Gasteiger partial charge >= 0.3 is 5.97 Å². The van der Waals surface area contributed by atoms with Gasteiger partial charge in [0.1, 0.15) is 12.3 Å². The SMILES string of the molecule is COC(=O)CNC(=O)CC1C(C)NNC1c1ccc(OC)cc1. The number of esters is 1. The van der Waals surface area contributed by atoms with Crippen molar-refractivity contribution >= 4 is 11.9 Å². The van der Waals surface area contributed by atoms with Crippen molar-refractivity contribution in [3.05, 3.63) is 29.8 Å². The van der Waals surface area contributed by atoms with Crippen LogP contribution in [0.3, 0.4) is 0 Å². The van der Waals surface area contributed by atoms with Crippen LogP contribution in [-0.2, 0) is 14.3 Å². The van der Waals surface area contributed by atoms with Gasteiger partial charge in [-0.15, -0.1) is 0 Å². The van der Waals surface area contributed by atoms with E-state index in [2.05, 4.69) is 20.9 Å². The first-order valence-electron chi connectivity index (χ1n) is 7.53. The van der Waals surface area contributed by atoms with Crippen LogP contribution in [0.2, 0.25) is 0 Å². The highest BCUT2D eigenvalue weighted by Crippen LogP contribution is 2.31. The molecule has 126 valence electrons. The highest BCUT2D eigenvalue weighted by Gasteiger charge is 2.35. The molecule has 7 heteroatoms. The third-order valence-corrected chi connectivity index (χ3v) is 4.09. The average molecular weight is 321 g/mol. The van der Waals surface area contributed by atoms with E-state index in [1.165, 1.54) is 7.11 Å². The molecule has 0 bridgehead atoms. The number of carbonyl (C=O) groups is 2. The van der Waals surface area contributed by atoms with Crippen molar-refractivity contribution in [3.63, 3.8) is 0 Å². The number of hydrogen-bond donors (Lipinski definition) is 3. The number of benzene rings is 1. The summed E-state index contributed by atoms with van der Waals surface area (Å²) in [5, 5.41) is 2.58. The molecule has 1 saturated heterocycles. The monoisotopic (exact) mass is 321 g/mol. The van der Waals surface area contributed by atoms with Crippen LogP contribution in [0, 0.1) is 5.92 Å². The summed E-state index contributed by atoms with van der Waals surface area (Å²) in [6.45, 7) is 1.92. The van der Waals surface area contributed by atoms with Gasteiger partial charge in [0.05, 0.1) is 20.3 Å². The average Bonchev–Trinajstić information content (AvgIpc) is 2.93. The second kappa shape index (κ2) is 7.94. The van der Waals surface area contributed by atoms with Crippen molar-refractivity contribution in [2.45, 2.75) is 25.4 Å². The summed E-state index contributed by atoms with van der Waals surface area (Å²) >= 11 is 0. The number of methoxy groups -OCH3 is 2. The first-order valence-corrected chi connectivity index (χ1v) is 7.53. The van der Waals surface area contributed by atoms with E-state index in [4.69, 9.17) is 4.74 Å². The zero-order chi connectivity index (χ0) is 16.8. The highest BCUT2D eigenvalue weighted by molar-refractivity contribution is 5.82. The Kier molecular flexibility index (Phi) is 5.95. The summed E-state index contributed by atoms with van der Waals surface area (Å²) in [6, 6.07) is 7.90. The largest absolute Gasteiger partial charge is 0.497 e. The fourth-order valence-corrected chi connectivity index (χ4v) is 2.69. The van der Waals surface area contributed by atoms with Crippen LogP contribution in [-0.4, -0.2) is 38.7 Å². The van der Waals surface area contributed by atoms with Crippen LogP contribution in [0.4, 0.5) is 0 Å². The number of hydrogen-bond acceptors (Lipinski definition) is 6. The normalized spacial score (nSPS) is 23.3. The molecule has 23 heavy (non-hydrogen) atoms. The lowest BCUT2D eigenvalue weighted by atomic mass is 9.87. The number of amides is 1. The molecule has 1 aromatic carbocycles. The van der Waals surface area contributed by atoms with Gasteiger partial charge in [0.2, 0.25) is 5.91 Å². The first kappa shape index (κ1) is 17.2. The highest BCUT2D eigenvalue weighted by atomic mass is 16.5. The molecule has 3 unspecified atom stereocenters. The van der Waals surface area contributed by atoms with E-state index in [1.54, 1.807) is 7.11 Å². The minimum absolute atomic E-state index is 0.0137. The fourth-order valence-electron chi connectivity index (χ4n) is 2.69. The van der Waals surface area contributed by atoms with Gasteiger partial charge in [-0.25, -0.2) is 5.43 Å². The van der Waals surface area contributed by atoms with E-state index in [0.717, 1.165) is 11.3 Å². The predicted octanol–water partition coefficient (Wildman–Crippen LogP) is 0.528. The zero-order valence-corrected chi connectivity index (χ0v) is 13.6. The first-order chi connectivity index (χ1) is 11.0. The maximum Gasteiger partial charge on any atom is 0.325 e. The zero-order valence-electron chi connectivity index (χ0n) is 13.6. The van der Waals surface area contributed by atoms with E-state index >= 15 is 0 Å². The van der Waals surface area contributed by atoms with Gasteiger partial charge in [-0.2, -0.15) is 0 Å². The second-order valence-corrected chi connectivity index (χ2v) is 5.55. The number of ether oxygens (including phenoxy) is 2. The third-order valence-electron chi connectivity index (χ3n) is 4.09. The lowest BCUT2D eigenvalue weighted by Crippen LogP contribution is -2.34. The molecule has 1 amide bonds. The van der Waals surface area contributed by atoms with Crippen molar-refractivity contribution in [2.24, 2.45) is 5.92 Å². The molecule has 0 aromatic heterocycles. The molecule has 1 aromatic rings. The van der Waals surface area contributed by atoms with Gasteiger partial charge in [-0.3, -0.25) is 15.0 Å². The van der Waals surface area contributed by atoms with E-state index < -0.39 is 5.97 Å². The van der Waals surface area contributed by atoms with Crippen LogP contribution in [0.25, 0.3) is 0 Å². The standard InChI is InChI=1S/C16H23N3O4/c1-10-13(8-14(20)17-9-15(21)23-3)16(19-18-10)11-4-6-12(22-2)7-5-11/h4-7,10,13,16,18-19H,8-9H2,1-3H3,(H,17,20). The lowest BCUT2D eigenvalue weighted by molar-refractivity contribution is -0.141. The van der Waals surface area contributed by atoms with Crippen LogP contribution in [0.5, 0.6) is 5.75 Å². The summed E-state index contributed by atoms with van der Waals surface area (Å²) in [5.74, 6) is 0.234. The minimum Gasteiger partial charge on any atom is -0.497 e. The molecule has 1 aliphatic rings. The smallest absolute Gasteiger partial charge is 0.325 e. The summed E-state index contributed by atoms with van der Waals surface area (Å²) in [5.41, 5.74) is 7.48. The molecular weight excluding hydrogens is 298 g/mol. The summed E-state index contributed by atoms with van der Waals surface area (Å²) in [4.78, 5) is 23.1. The van der Waals surface area contributed by atoms with Crippen molar-refractivity contribution in [3.8, 4) is 5.75 Å². The Labute approximate surface area is 135 Å². The topological polar surface area (TPSA) is 88.7 Å². The van der Waals surface area contributed by atoms with Gasteiger partial charge in [0, 0.05) is 18.4 Å². The Morgan fingerprint density at radius 1 is 1.17 bits per heavy atom. The van der Waals surface area contributed by atoms with Crippen LogP contribution in [0.1, 0.15) is 24.9 Å². The van der Waals surface area contributed by atoms with Gasteiger partial charge < -0.3 is 14.8 Å². The Morgan fingerprint density at radius 3 is 2.48 bits per heavy atom. The number of hydrazine groups is 1. The van der Waals surface area contributed by atoms with Gasteiger partial charge in [0.25, 0.3) is 0 Å². The molecule has 1 heterocycles. The van der Waals surface area contributed by atoms with Crippen molar-refractivity contribution in [2.75, 3.05) is 20.8 Å². The van der Waals surface area contributed by atoms with E-state index in [1.807, 2.05) is 31.2 Å². The maximum atomic E-state index is 12.0. The van der Waals surface area contributed by atoms with Gasteiger partial charge in [-0.05, 0) is 24.6 Å². The Morgan fingerprint density at radius 2 is 1.87 bits per heavy atom. The molecular formula is C16H23N3O4. The molecule has 3 atom stereocenters. The Balaban J connectivity index is 1.99. The Bertz CT molecular complexity index is 547. The van der Waals surface area contributed by atoms with E-state index in [-0.39, 0.29) is 30.5 Å². The molecule has 3 N–H and O–H groups in total. The molecule has 0 spiro atoms. The van der Waals surface area contributed by atoms with Gasteiger partial charge in [-0.1, -0.05) is 12.1 Å². The minimum atomic E-state index is -0.458. The molecule has 1 aliphatic heterocycles. The summed E-state index contributed by atoms with van der Waals surface area (Å²) < 4.78 is 9.68. The third kappa shape index (κ3) is 4.43. The molecule has 0 radical (unpaired) electrons. The maximum absolute atomic E-state index is 12.0. The molecule has 0 saturated carbocycles. The van der Waals surface area contributed by atoms with Crippen molar-refractivity contribution in [1.82, 2.24) is 16.2 Å². The molecule has 7 nitrogen and oxygen atoms in total. The predicted molar refractivity (Wildman–Crippen MR) is 84.6 cm³/mol. The molecule has 1 fully saturated rings. The number of carbonyl (C=O) groups excluding carboxylic acids is 2. The number of rotatable bonds is 6. The summed E-state index contributed by atoms with van der Waals surface area (Å²) in [6.07, 6.45) is 0.314. The lowest BCUT2D eigenvalue weighted by Gasteiger charge is -2.21. The van der Waals surface area contributed by atoms with Crippen molar-refractivity contribution < 1.29 is 19.1 Å². The quantitative estimate of drug-likeness (QED) is 0.662. The molecule has 0 aliphatic carbocycles. The van der Waals surface area contributed by atoms with Crippen LogP contribution in [0.15, 0.2) is 24.3 Å². The van der Waals surface area contributed by atoms with Crippen LogP contribution < -0.4 is 20.9 Å². The molecule has 2 rings (SSSR count). The number of nitrogens with one attached hydrogen (secondary N) is 3. The second-order valence-electron chi connectivity index (χ2n) is 5.55. The summed E-state index contributed by atoms with van der Waals surface area (Å²) in [7, 11) is 2.92. The van der Waals surface area contributed by atoms with Crippen molar-refractivity contribution in [1.29, 1.82) is 0 Å². The van der Waals surface area contributed by atoms with Crippen LogP contribution >= 0.6 is 0 Å². The van der Waals surface area contributed by atoms with Gasteiger partial charge in [0.15, 0.2) is 0 Å². The van der Waals surface area contributed by atoms with E-state index in [0.29, 0.717) is 6.42 Å². The Hall–Kier alpha value is -2.12.